The molecule has 2 rings (SSSR count). The zero-order chi connectivity index (χ0) is 19.1. The second-order valence-electron chi connectivity index (χ2n) is 5.70. The van der Waals surface area contributed by atoms with Gasteiger partial charge in [0.15, 0.2) is 5.82 Å². The number of nitrogens with one attached hydrogen (secondary N) is 2. The van der Waals surface area contributed by atoms with Gasteiger partial charge in [-0.15, -0.1) is 0 Å². The van der Waals surface area contributed by atoms with Crippen LogP contribution in [0.2, 0.25) is 10.0 Å². The van der Waals surface area contributed by atoms with E-state index < -0.39 is 6.03 Å². The Morgan fingerprint density at radius 3 is 2.62 bits per heavy atom. The molecule has 0 atom stereocenters. The number of hydrogen-bond acceptors (Lipinski definition) is 4. The highest BCUT2D eigenvalue weighted by molar-refractivity contribution is 6.36. The average molecular weight is 399 g/mol. The molecule has 140 valence electrons. The molecule has 0 spiro atoms. The molecule has 1 heterocycles. The Kier molecular flexibility index (Phi) is 7.29. The fraction of sp³-hybridized carbons (Fsp3) is 0.353. The molecular weight excluding hydrogens is 379 g/mol. The Labute approximate surface area is 161 Å². The van der Waals surface area contributed by atoms with Crippen molar-refractivity contribution in [1.82, 2.24) is 10.1 Å². The molecule has 26 heavy (non-hydrogen) atoms. The number of halogens is 2. The van der Waals surface area contributed by atoms with Crippen molar-refractivity contribution in [2.24, 2.45) is 0 Å². The first-order valence-corrected chi connectivity index (χ1v) is 8.88. The van der Waals surface area contributed by atoms with Crippen LogP contribution in [0.15, 0.2) is 28.8 Å². The van der Waals surface area contributed by atoms with Gasteiger partial charge in [0.05, 0.1) is 10.7 Å². The highest BCUT2D eigenvalue weighted by Gasteiger charge is 2.18. The molecular formula is C17H20Cl2N4O3. The van der Waals surface area contributed by atoms with E-state index in [4.69, 9.17) is 27.7 Å². The highest BCUT2D eigenvalue weighted by Crippen LogP contribution is 2.25. The van der Waals surface area contributed by atoms with Crippen LogP contribution in [0, 0.1) is 6.92 Å². The first-order valence-electron chi connectivity index (χ1n) is 8.13. The molecule has 3 amide bonds. The van der Waals surface area contributed by atoms with Gasteiger partial charge in [-0.3, -0.25) is 4.79 Å². The van der Waals surface area contributed by atoms with Crippen molar-refractivity contribution >= 4 is 46.6 Å². The van der Waals surface area contributed by atoms with Crippen LogP contribution in [-0.2, 0) is 4.79 Å². The number of unbranched alkanes of at least 4 members (excludes halogenated alkanes) is 1. The van der Waals surface area contributed by atoms with E-state index in [0.717, 1.165) is 12.8 Å². The van der Waals surface area contributed by atoms with Crippen molar-refractivity contribution in [2.75, 3.05) is 23.7 Å². The Morgan fingerprint density at radius 2 is 2.00 bits per heavy atom. The molecule has 1 aromatic carbocycles. The second kappa shape index (κ2) is 9.45. The quantitative estimate of drug-likeness (QED) is 0.715. The van der Waals surface area contributed by atoms with Gasteiger partial charge in [-0.25, -0.2) is 4.79 Å². The normalized spacial score (nSPS) is 10.5. The summed E-state index contributed by atoms with van der Waals surface area (Å²) in [4.78, 5) is 26.2. The van der Waals surface area contributed by atoms with Crippen LogP contribution < -0.4 is 10.6 Å². The summed E-state index contributed by atoms with van der Waals surface area (Å²) in [5, 5.41) is 9.80. The van der Waals surface area contributed by atoms with E-state index in [1.807, 2.05) is 6.92 Å². The molecule has 1 aromatic heterocycles. The van der Waals surface area contributed by atoms with Crippen LogP contribution in [-0.4, -0.2) is 35.1 Å². The lowest BCUT2D eigenvalue weighted by Crippen LogP contribution is -2.41. The summed E-state index contributed by atoms with van der Waals surface area (Å²) >= 11 is 11.9. The van der Waals surface area contributed by atoms with E-state index in [1.54, 1.807) is 25.1 Å². The number of amides is 3. The molecule has 0 saturated carbocycles. The van der Waals surface area contributed by atoms with Crippen molar-refractivity contribution in [3.05, 3.63) is 40.1 Å². The van der Waals surface area contributed by atoms with Crippen LogP contribution in [0.3, 0.4) is 0 Å². The minimum Gasteiger partial charge on any atom is -0.360 e. The zero-order valence-electron chi connectivity index (χ0n) is 14.5. The molecule has 9 heteroatoms. The van der Waals surface area contributed by atoms with Crippen molar-refractivity contribution in [3.8, 4) is 0 Å². The number of carbonyl (C=O) groups excluding carboxylic acids is 2. The van der Waals surface area contributed by atoms with Gasteiger partial charge in [-0.05, 0) is 31.5 Å². The fourth-order valence-electron chi connectivity index (χ4n) is 2.17. The largest absolute Gasteiger partial charge is 0.360 e. The van der Waals surface area contributed by atoms with Gasteiger partial charge in [-0.2, -0.15) is 0 Å². The molecule has 0 unspecified atom stereocenters. The van der Waals surface area contributed by atoms with E-state index in [1.165, 1.54) is 11.0 Å². The Morgan fingerprint density at radius 1 is 1.23 bits per heavy atom. The van der Waals surface area contributed by atoms with Crippen LogP contribution in [0.4, 0.5) is 16.3 Å². The van der Waals surface area contributed by atoms with Gasteiger partial charge in [0.2, 0.25) is 5.91 Å². The Balaban J connectivity index is 2.02. The summed E-state index contributed by atoms with van der Waals surface area (Å²) in [7, 11) is 0. The van der Waals surface area contributed by atoms with Gasteiger partial charge >= 0.3 is 6.03 Å². The van der Waals surface area contributed by atoms with Gasteiger partial charge in [0, 0.05) is 17.6 Å². The first kappa shape index (κ1) is 20.1. The molecule has 0 aliphatic carbocycles. The van der Waals surface area contributed by atoms with E-state index in [-0.39, 0.29) is 12.5 Å². The molecule has 0 aliphatic rings. The number of aryl methyl sites for hydroxylation is 1. The zero-order valence-corrected chi connectivity index (χ0v) is 16.0. The van der Waals surface area contributed by atoms with Crippen LogP contribution in [0.5, 0.6) is 0 Å². The minimum absolute atomic E-state index is 0.122. The number of nitrogens with zero attached hydrogens (tertiary/aromatic N) is 2. The standard InChI is InChI=1S/C17H20Cl2N4O3/c1-3-4-7-23(10-16(24)21-15-8-11(2)26-22-15)17(25)20-14-6-5-12(18)9-13(14)19/h5-6,8-9H,3-4,7,10H2,1-2H3,(H,20,25)(H,21,22,24). The molecule has 2 aromatic rings. The van der Waals surface area contributed by atoms with Gasteiger partial charge < -0.3 is 20.1 Å². The lowest BCUT2D eigenvalue weighted by molar-refractivity contribution is -0.116. The number of carbonyl (C=O) groups is 2. The van der Waals surface area contributed by atoms with Gasteiger partial charge in [0.1, 0.15) is 12.3 Å². The molecule has 0 aliphatic heterocycles. The van der Waals surface area contributed by atoms with Crippen LogP contribution >= 0.6 is 23.2 Å². The maximum atomic E-state index is 12.6. The summed E-state index contributed by atoms with van der Waals surface area (Å²) in [5.41, 5.74) is 0.426. The second-order valence-corrected chi connectivity index (χ2v) is 6.54. The van der Waals surface area contributed by atoms with Gasteiger partial charge in [0.25, 0.3) is 0 Å². The van der Waals surface area contributed by atoms with Crippen molar-refractivity contribution in [2.45, 2.75) is 26.7 Å². The lowest BCUT2D eigenvalue weighted by atomic mass is 10.3. The molecule has 0 radical (unpaired) electrons. The molecule has 2 N–H and O–H groups in total. The number of benzene rings is 1. The Hall–Kier alpha value is -2.25. The number of hydrogen-bond donors (Lipinski definition) is 2. The summed E-state index contributed by atoms with van der Waals surface area (Å²) in [5.74, 6) is 0.522. The summed E-state index contributed by atoms with van der Waals surface area (Å²) in [6.45, 7) is 4.03. The number of rotatable bonds is 7. The van der Waals surface area contributed by atoms with Crippen molar-refractivity contribution in [3.63, 3.8) is 0 Å². The number of urea groups is 1. The van der Waals surface area contributed by atoms with Crippen molar-refractivity contribution in [1.29, 1.82) is 0 Å². The summed E-state index contributed by atoms with van der Waals surface area (Å²) in [6, 6.07) is 5.95. The van der Waals surface area contributed by atoms with Crippen LogP contribution in [0.1, 0.15) is 25.5 Å². The lowest BCUT2D eigenvalue weighted by Gasteiger charge is -2.22. The third-order valence-electron chi connectivity index (χ3n) is 3.47. The van der Waals surface area contributed by atoms with E-state index >= 15 is 0 Å². The third-order valence-corrected chi connectivity index (χ3v) is 4.02. The molecule has 0 saturated heterocycles. The smallest absolute Gasteiger partial charge is 0.322 e. The molecule has 0 fully saturated rings. The van der Waals surface area contributed by atoms with E-state index in [0.29, 0.717) is 33.9 Å². The average Bonchev–Trinajstić information content (AvgIpc) is 2.98. The van der Waals surface area contributed by atoms with Gasteiger partial charge in [-0.1, -0.05) is 41.7 Å². The summed E-state index contributed by atoms with van der Waals surface area (Å²) in [6.07, 6.45) is 1.65. The predicted molar refractivity (Wildman–Crippen MR) is 102 cm³/mol. The first-order chi connectivity index (χ1) is 12.4. The monoisotopic (exact) mass is 398 g/mol. The number of aromatic nitrogens is 1. The topological polar surface area (TPSA) is 87.5 Å². The predicted octanol–water partition coefficient (Wildman–Crippen LogP) is 4.56. The molecule has 7 nitrogen and oxygen atoms in total. The Bertz CT molecular complexity index is 779. The van der Waals surface area contributed by atoms with Crippen LogP contribution in [0.25, 0.3) is 0 Å². The SMILES string of the molecule is CCCCN(CC(=O)Nc1cc(C)on1)C(=O)Nc1ccc(Cl)cc1Cl. The minimum atomic E-state index is -0.422. The highest BCUT2D eigenvalue weighted by atomic mass is 35.5. The maximum Gasteiger partial charge on any atom is 0.322 e. The van der Waals surface area contributed by atoms with Crippen molar-refractivity contribution < 1.29 is 14.1 Å². The molecule has 0 bridgehead atoms. The third kappa shape index (κ3) is 5.93. The maximum absolute atomic E-state index is 12.6. The fourth-order valence-corrected chi connectivity index (χ4v) is 2.62. The van der Waals surface area contributed by atoms with E-state index in [9.17, 15) is 9.59 Å². The summed E-state index contributed by atoms with van der Waals surface area (Å²) < 4.78 is 4.90. The van der Waals surface area contributed by atoms with E-state index in [2.05, 4.69) is 15.8 Å². The number of anilines is 2.